The van der Waals surface area contributed by atoms with E-state index in [0.29, 0.717) is 35.4 Å². The van der Waals surface area contributed by atoms with Gasteiger partial charge in [-0.25, -0.2) is 4.98 Å². The number of benzene rings is 2. The standard InChI is InChI=1S/C26H33N3O2/c1-5-8-18-28(25(30)21-15-13-20(7-3)14-16-21)19(4)24-27-23-12-10-9-11-22(23)26(31)29(24)17-6-2/h9-16,19H,5-8,17-18H2,1-4H3. The highest BCUT2D eigenvalue weighted by atomic mass is 16.2. The highest BCUT2D eigenvalue weighted by Gasteiger charge is 2.26. The van der Waals surface area contributed by atoms with Crippen LogP contribution in [-0.4, -0.2) is 26.9 Å². The number of aromatic nitrogens is 2. The third kappa shape index (κ3) is 4.87. The predicted molar refractivity (Wildman–Crippen MR) is 126 cm³/mol. The molecule has 0 aliphatic heterocycles. The van der Waals surface area contributed by atoms with Gasteiger partial charge in [0.05, 0.1) is 16.9 Å². The number of rotatable bonds is 9. The maximum Gasteiger partial charge on any atom is 0.261 e. The third-order valence-corrected chi connectivity index (χ3v) is 5.80. The molecule has 0 bridgehead atoms. The number of fused-ring (bicyclic) bond motifs is 1. The number of unbranched alkanes of at least 4 members (excludes halogenated alkanes) is 1. The molecule has 1 heterocycles. The molecule has 5 heteroatoms. The van der Waals surface area contributed by atoms with Gasteiger partial charge in [-0.1, -0.05) is 51.5 Å². The molecule has 1 unspecified atom stereocenters. The number of aryl methyl sites for hydroxylation is 1. The summed E-state index contributed by atoms with van der Waals surface area (Å²) in [5.74, 6) is 0.634. The van der Waals surface area contributed by atoms with Crippen molar-refractivity contribution in [3.63, 3.8) is 0 Å². The molecule has 0 aliphatic carbocycles. The third-order valence-electron chi connectivity index (χ3n) is 5.80. The molecule has 2 aromatic carbocycles. The van der Waals surface area contributed by atoms with Gasteiger partial charge < -0.3 is 4.90 Å². The fraction of sp³-hybridized carbons (Fsp3) is 0.423. The first kappa shape index (κ1) is 22.7. The Balaban J connectivity index is 2.07. The summed E-state index contributed by atoms with van der Waals surface area (Å²) < 4.78 is 1.75. The Hall–Kier alpha value is -2.95. The van der Waals surface area contributed by atoms with Crippen LogP contribution in [0.4, 0.5) is 0 Å². The van der Waals surface area contributed by atoms with E-state index in [0.717, 1.165) is 25.7 Å². The van der Waals surface area contributed by atoms with Gasteiger partial charge in [0.2, 0.25) is 0 Å². The summed E-state index contributed by atoms with van der Waals surface area (Å²) in [5.41, 5.74) is 2.52. The second-order valence-corrected chi connectivity index (χ2v) is 8.02. The van der Waals surface area contributed by atoms with Gasteiger partial charge in [-0.3, -0.25) is 14.2 Å². The van der Waals surface area contributed by atoms with E-state index in [1.807, 2.05) is 67.3 Å². The molecule has 0 N–H and O–H groups in total. The molecule has 3 rings (SSSR count). The largest absolute Gasteiger partial charge is 0.329 e. The monoisotopic (exact) mass is 419 g/mol. The highest BCUT2D eigenvalue weighted by molar-refractivity contribution is 5.94. The zero-order valence-corrected chi connectivity index (χ0v) is 19.1. The van der Waals surface area contributed by atoms with Gasteiger partial charge in [-0.2, -0.15) is 0 Å². The topological polar surface area (TPSA) is 55.2 Å². The van der Waals surface area contributed by atoms with Crippen LogP contribution in [0.15, 0.2) is 53.3 Å². The quantitative estimate of drug-likeness (QED) is 0.468. The predicted octanol–water partition coefficient (Wildman–Crippen LogP) is 5.37. The average Bonchev–Trinajstić information content (AvgIpc) is 2.80. The van der Waals surface area contributed by atoms with Crippen molar-refractivity contribution >= 4 is 16.8 Å². The zero-order valence-electron chi connectivity index (χ0n) is 19.1. The van der Waals surface area contributed by atoms with Crippen molar-refractivity contribution in [2.75, 3.05) is 6.54 Å². The molecule has 31 heavy (non-hydrogen) atoms. The lowest BCUT2D eigenvalue weighted by Gasteiger charge is -2.30. The molecule has 1 amide bonds. The second-order valence-electron chi connectivity index (χ2n) is 8.02. The molecule has 0 saturated heterocycles. The van der Waals surface area contributed by atoms with E-state index >= 15 is 0 Å². The Kier molecular flexibility index (Phi) is 7.61. The lowest BCUT2D eigenvalue weighted by atomic mass is 10.1. The molecule has 0 fully saturated rings. The smallest absolute Gasteiger partial charge is 0.261 e. The van der Waals surface area contributed by atoms with Gasteiger partial charge in [0.15, 0.2) is 0 Å². The Morgan fingerprint density at radius 1 is 1.03 bits per heavy atom. The van der Waals surface area contributed by atoms with E-state index in [1.54, 1.807) is 4.57 Å². The van der Waals surface area contributed by atoms with E-state index in [9.17, 15) is 9.59 Å². The van der Waals surface area contributed by atoms with Gasteiger partial charge in [-0.15, -0.1) is 0 Å². The molecule has 5 nitrogen and oxygen atoms in total. The fourth-order valence-electron chi connectivity index (χ4n) is 3.93. The molecule has 0 spiro atoms. The van der Waals surface area contributed by atoms with Gasteiger partial charge in [0.25, 0.3) is 11.5 Å². The Bertz CT molecular complexity index is 1090. The lowest BCUT2D eigenvalue weighted by molar-refractivity contribution is 0.0676. The first-order valence-electron chi connectivity index (χ1n) is 11.4. The summed E-state index contributed by atoms with van der Waals surface area (Å²) >= 11 is 0. The van der Waals surface area contributed by atoms with Crippen LogP contribution in [-0.2, 0) is 13.0 Å². The molecular weight excluding hydrogens is 386 g/mol. The molecule has 1 aromatic heterocycles. The van der Waals surface area contributed by atoms with Crippen LogP contribution in [0.5, 0.6) is 0 Å². The van der Waals surface area contributed by atoms with Gasteiger partial charge in [-0.05, 0) is 56.0 Å². The van der Waals surface area contributed by atoms with Crippen LogP contribution in [0, 0.1) is 0 Å². The van der Waals surface area contributed by atoms with E-state index in [4.69, 9.17) is 4.98 Å². The number of carbonyl (C=O) groups is 1. The summed E-state index contributed by atoms with van der Waals surface area (Å²) in [5, 5.41) is 0.619. The molecular formula is C26H33N3O2. The minimum atomic E-state index is -0.311. The van der Waals surface area contributed by atoms with E-state index < -0.39 is 0 Å². The first-order valence-corrected chi connectivity index (χ1v) is 11.4. The number of para-hydroxylation sites is 1. The van der Waals surface area contributed by atoms with Gasteiger partial charge >= 0.3 is 0 Å². The molecule has 164 valence electrons. The summed E-state index contributed by atoms with van der Waals surface area (Å²) in [7, 11) is 0. The zero-order chi connectivity index (χ0) is 22.4. The van der Waals surface area contributed by atoms with E-state index in [2.05, 4.69) is 13.8 Å². The molecule has 1 atom stereocenters. The van der Waals surface area contributed by atoms with Crippen molar-refractivity contribution in [3.05, 3.63) is 75.8 Å². The molecule has 0 saturated carbocycles. The molecule has 0 radical (unpaired) electrons. The van der Waals surface area contributed by atoms with Crippen molar-refractivity contribution < 1.29 is 4.79 Å². The second kappa shape index (κ2) is 10.4. The normalized spacial score (nSPS) is 12.1. The summed E-state index contributed by atoms with van der Waals surface area (Å²) in [6.45, 7) is 9.45. The Labute approximate surface area is 184 Å². The summed E-state index contributed by atoms with van der Waals surface area (Å²) in [6, 6.07) is 15.0. The number of amides is 1. The molecule has 0 aliphatic rings. The van der Waals surface area contributed by atoms with Crippen LogP contribution in [0.1, 0.15) is 74.7 Å². The van der Waals surface area contributed by atoms with Crippen molar-refractivity contribution in [3.8, 4) is 0 Å². The Morgan fingerprint density at radius 2 is 1.74 bits per heavy atom. The lowest BCUT2D eigenvalue weighted by Crippen LogP contribution is -2.38. The number of hydrogen-bond donors (Lipinski definition) is 0. The van der Waals surface area contributed by atoms with Crippen molar-refractivity contribution in [2.24, 2.45) is 0 Å². The maximum atomic E-state index is 13.5. The van der Waals surface area contributed by atoms with Crippen LogP contribution in [0.25, 0.3) is 10.9 Å². The van der Waals surface area contributed by atoms with Gasteiger partial charge in [0.1, 0.15) is 5.82 Å². The SMILES string of the molecule is CCCCN(C(=O)c1ccc(CC)cc1)C(C)c1nc2ccccc2c(=O)n1CCC. The van der Waals surface area contributed by atoms with E-state index in [-0.39, 0.29) is 17.5 Å². The maximum absolute atomic E-state index is 13.5. The fourth-order valence-corrected chi connectivity index (χ4v) is 3.93. The number of carbonyl (C=O) groups excluding carboxylic acids is 1. The van der Waals surface area contributed by atoms with Crippen LogP contribution >= 0.6 is 0 Å². The minimum Gasteiger partial charge on any atom is -0.329 e. The van der Waals surface area contributed by atoms with Crippen LogP contribution < -0.4 is 5.56 Å². The minimum absolute atomic E-state index is 0.0194. The van der Waals surface area contributed by atoms with E-state index in [1.165, 1.54) is 5.56 Å². The van der Waals surface area contributed by atoms with Crippen LogP contribution in [0.3, 0.4) is 0 Å². The van der Waals surface area contributed by atoms with Crippen molar-refractivity contribution in [2.45, 2.75) is 66.0 Å². The summed E-state index contributed by atoms with van der Waals surface area (Å²) in [4.78, 5) is 33.4. The van der Waals surface area contributed by atoms with Crippen LogP contribution in [0.2, 0.25) is 0 Å². The van der Waals surface area contributed by atoms with Gasteiger partial charge in [0, 0.05) is 18.7 Å². The average molecular weight is 420 g/mol. The first-order chi connectivity index (χ1) is 15.0. The Morgan fingerprint density at radius 3 is 2.39 bits per heavy atom. The number of nitrogens with zero attached hydrogens (tertiary/aromatic N) is 3. The van der Waals surface area contributed by atoms with Crippen molar-refractivity contribution in [1.29, 1.82) is 0 Å². The van der Waals surface area contributed by atoms with Crippen molar-refractivity contribution in [1.82, 2.24) is 14.5 Å². The summed E-state index contributed by atoms with van der Waals surface area (Å²) in [6.07, 6.45) is 3.64. The number of hydrogen-bond acceptors (Lipinski definition) is 3. The molecule has 3 aromatic rings. The highest BCUT2D eigenvalue weighted by Crippen LogP contribution is 2.23.